The molecule has 0 aliphatic rings. The lowest BCUT2D eigenvalue weighted by Gasteiger charge is -2.25. The van der Waals surface area contributed by atoms with Gasteiger partial charge in [0.2, 0.25) is 5.91 Å². The summed E-state index contributed by atoms with van der Waals surface area (Å²) in [7, 11) is 0. The number of rotatable bonds is 8. The SMILES string of the molecule is CC(NC(=O)C=CC(=O)O)C(Cc1ccccc1)Cc1ccccc1. The number of carbonyl (C=O) groups excluding carboxylic acids is 1. The van der Waals surface area contributed by atoms with E-state index in [2.05, 4.69) is 29.6 Å². The van der Waals surface area contributed by atoms with Crippen LogP contribution >= 0.6 is 0 Å². The number of hydrogen-bond acceptors (Lipinski definition) is 2. The second-order valence-electron chi connectivity index (χ2n) is 6.11. The second kappa shape index (κ2) is 9.42. The van der Waals surface area contributed by atoms with Crippen LogP contribution in [0.2, 0.25) is 0 Å². The Hall–Kier alpha value is -2.88. The van der Waals surface area contributed by atoms with Crippen molar-refractivity contribution in [1.29, 1.82) is 0 Å². The summed E-state index contributed by atoms with van der Waals surface area (Å²) in [6, 6.07) is 20.2. The summed E-state index contributed by atoms with van der Waals surface area (Å²) < 4.78 is 0. The Morgan fingerprint density at radius 2 is 1.40 bits per heavy atom. The molecule has 130 valence electrons. The highest BCUT2D eigenvalue weighted by Crippen LogP contribution is 2.18. The van der Waals surface area contributed by atoms with E-state index in [4.69, 9.17) is 5.11 Å². The van der Waals surface area contributed by atoms with Crippen LogP contribution in [0.25, 0.3) is 0 Å². The van der Waals surface area contributed by atoms with Crippen molar-refractivity contribution in [3.05, 3.63) is 83.9 Å². The Morgan fingerprint density at radius 1 is 0.920 bits per heavy atom. The number of benzene rings is 2. The fourth-order valence-corrected chi connectivity index (χ4v) is 2.80. The van der Waals surface area contributed by atoms with Crippen LogP contribution < -0.4 is 5.32 Å². The molecule has 2 N–H and O–H groups in total. The minimum absolute atomic E-state index is 0.0913. The molecule has 0 aliphatic heterocycles. The third kappa shape index (κ3) is 6.63. The molecule has 1 atom stereocenters. The molecule has 1 amide bonds. The molecule has 0 radical (unpaired) electrons. The molecule has 0 aromatic heterocycles. The van der Waals surface area contributed by atoms with Gasteiger partial charge in [-0.1, -0.05) is 60.7 Å². The first kappa shape index (κ1) is 18.5. The molecule has 0 saturated carbocycles. The maximum absolute atomic E-state index is 11.9. The topological polar surface area (TPSA) is 66.4 Å². The maximum atomic E-state index is 11.9. The lowest BCUT2D eigenvalue weighted by atomic mass is 9.87. The Labute approximate surface area is 148 Å². The summed E-state index contributed by atoms with van der Waals surface area (Å²) in [4.78, 5) is 22.4. The van der Waals surface area contributed by atoms with E-state index in [1.807, 2.05) is 43.3 Å². The van der Waals surface area contributed by atoms with Crippen molar-refractivity contribution in [3.8, 4) is 0 Å². The molecule has 2 rings (SSSR count). The molecule has 25 heavy (non-hydrogen) atoms. The predicted octanol–water partition coefficient (Wildman–Crippen LogP) is 3.23. The van der Waals surface area contributed by atoms with E-state index in [1.54, 1.807) is 0 Å². The Kier molecular flexibility index (Phi) is 6.96. The Morgan fingerprint density at radius 3 is 1.84 bits per heavy atom. The van der Waals surface area contributed by atoms with Crippen molar-refractivity contribution in [2.45, 2.75) is 25.8 Å². The normalized spacial score (nSPS) is 12.2. The van der Waals surface area contributed by atoms with Crippen LogP contribution in [0.1, 0.15) is 18.1 Å². The zero-order valence-corrected chi connectivity index (χ0v) is 14.3. The molecule has 2 aromatic rings. The summed E-state index contributed by atoms with van der Waals surface area (Å²) in [5.74, 6) is -1.32. The van der Waals surface area contributed by atoms with Crippen LogP contribution in [0.5, 0.6) is 0 Å². The van der Waals surface area contributed by atoms with Gasteiger partial charge in [0.1, 0.15) is 0 Å². The molecule has 2 aromatic carbocycles. The third-order valence-corrected chi connectivity index (χ3v) is 4.14. The van der Waals surface area contributed by atoms with Crippen LogP contribution in [-0.2, 0) is 22.4 Å². The van der Waals surface area contributed by atoms with Crippen LogP contribution in [-0.4, -0.2) is 23.0 Å². The second-order valence-corrected chi connectivity index (χ2v) is 6.11. The van der Waals surface area contributed by atoms with E-state index in [1.165, 1.54) is 11.1 Å². The molecule has 1 unspecified atom stereocenters. The van der Waals surface area contributed by atoms with Gasteiger partial charge in [0, 0.05) is 18.2 Å². The first-order valence-corrected chi connectivity index (χ1v) is 8.34. The monoisotopic (exact) mass is 337 g/mol. The Bertz CT molecular complexity index is 669. The summed E-state index contributed by atoms with van der Waals surface area (Å²) in [5, 5.41) is 11.5. The molecule has 4 nitrogen and oxygen atoms in total. The standard InChI is InChI=1S/C21H23NO3/c1-16(22-20(23)12-13-21(24)25)19(14-17-8-4-2-5-9-17)15-18-10-6-3-7-11-18/h2-13,16,19H,14-15H2,1H3,(H,22,23)(H,24,25). The number of carboxylic acids is 1. The highest BCUT2D eigenvalue weighted by atomic mass is 16.4. The first-order chi connectivity index (χ1) is 12.0. The maximum Gasteiger partial charge on any atom is 0.328 e. The van der Waals surface area contributed by atoms with Gasteiger partial charge in [-0.05, 0) is 36.8 Å². The molecular weight excluding hydrogens is 314 g/mol. The van der Waals surface area contributed by atoms with Crippen LogP contribution in [0.3, 0.4) is 0 Å². The molecule has 0 spiro atoms. The van der Waals surface area contributed by atoms with Gasteiger partial charge in [-0.15, -0.1) is 0 Å². The van der Waals surface area contributed by atoms with Crippen molar-refractivity contribution >= 4 is 11.9 Å². The summed E-state index contributed by atoms with van der Waals surface area (Å²) in [6.45, 7) is 1.96. The molecule has 0 aliphatic carbocycles. The van der Waals surface area contributed by atoms with E-state index >= 15 is 0 Å². The van der Waals surface area contributed by atoms with E-state index in [-0.39, 0.29) is 17.9 Å². The average molecular weight is 337 g/mol. The number of nitrogens with one attached hydrogen (secondary N) is 1. The summed E-state index contributed by atoms with van der Waals surface area (Å²) >= 11 is 0. The van der Waals surface area contributed by atoms with Gasteiger partial charge in [-0.25, -0.2) is 4.79 Å². The van der Waals surface area contributed by atoms with Crippen molar-refractivity contribution in [2.75, 3.05) is 0 Å². The van der Waals surface area contributed by atoms with E-state index in [0.717, 1.165) is 25.0 Å². The molecule has 0 heterocycles. The van der Waals surface area contributed by atoms with Crippen molar-refractivity contribution in [3.63, 3.8) is 0 Å². The molecule has 0 fully saturated rings. The van der Waals surface area contributed by atoms with E-state index in [9.17, 15) is 9.59 Å². The van der Waals surface area contributed by atoms with Gasteiger partial charge in [-0.2, -0.15) is 0 Å². The van der Waals surface area contributed by atoms with Gasteiger partial charge in [0.25, 0.3) is 0 Å². The molecular formula is C21H23NO3. The lowest BCUT2D eigenvalue weighted by molar-refractivity contribution is -0.131. The highest BCUT2D eigenvalue weighted by Gasteiger charge is 2.19. The molecule has 0 bridgehead atoms. The number of carbonyl (C=O) groups is 2. The van der Waals surface area contributed by atoms with E-state index in [0.29, 0.717) is 0 Å². The fourth-order valence-electron chi connectivity index (χ4n) is 2.80. The van der Waals surface area contributed by atoms with Crippen LogP contribution in [0.15, 0.2) is 72.8 Å². The number of carboxylic acid groups (broad SMARTS) is 1. The molecule has 0 saturated heterocycles. The van der Waals surface area contributed by atoms with Crippen LogP contribution in [0, 0.1) is 5.92 Å². The third-order valence-electron chi connectivity index (χ3n) is 4.14. The summed E-state index contributed by atoms with van der Waals surface area (Å²) in [6.07, 6.45) is 3.58. The number of hydrogen-bond donors (Lipinski definition) is 2. The average Bonchev–Trinajstić information content (AvgIpc) is 2.61. The molecule has 4 heteroatoms. The van der Waals surface area contributed by atoms with Crippen LogP contribution in [0.4, 0.5) is 0 Å². The van der Waals surface area contributed by atoms with Crippen molar-refractivity contribution in [2.24, 2.45) is 5.92 Å². The zero-order chi connectivity index (χ0) is 18.1. The largest absolute Gasteiger partial charge is 0.478 e. The van der Waals surface area contributed by atoms with Crippen molar-refractivity contribution < 1.29 is 14.7 Å². The Balaban J connectivity index is 2.09. The van der Waals surface area contributed by atoms with Crippen molar-refractivity contribution in [1.82, 2.24) is 5.32 Å². The van der Waals surface area contributed by atoms with Gasteiger partial charge in [0.05, 0.1) is 0 Å². The van der Waals surface area contributed by atoms with Gasteiger partial charge in [0.15, 0.2) is 0 Å². The predicted molar refractivity (Wildman–Crippen MR) is 98.2 cm³/mol. The highest BCUT2D eigenvalue weighted by molar-refractivity contribution is 5.93. The smallest absolute Gasteiger partial charge is 0.328 e. The van der Waals surface area contributed by atoms with Gasteiger partial charge in [-0.3, -0.25) is 4.79 Å². The quantitative estimate of drug-likeness (QED) is 0.727. The van der Waals surface area contributed by atoms with Gasteiger partial charge >= 0.3 is 5.97 Å². The minimum atomic E-state index is -1.13. The van der Waals surface area contributed by atoms with Gasteiger partial charge < -0.3 is 10.4 Å². The lowest BCUT2D eigenvalue weighted by Crippen LogP contribution is -2.39. The van der Waals surface area contributed by atoms with E-state index < -0.39 is 5.97 Å². The fraction of sp³-hybridized carbons (Fsp3) is 0.238. The minimum Gasteiger partial charge on any atom is -0.478 e. The summed E-state index contributed by atoms with van der Waals surface area (Å²) in [5.41, 5.74) is 2.43. The zero-order valence-electron chi connectivity index (χ0n) is 14.3. The first-order valence-electron chi connectivity index (χ1n) is 8.34. The number of aliphatic carboxylic acids is 1. The number of amides is 1.